The van der Waals surface area contributed by atoms with Crippen molar-refractivity contribution in [2.24, 2.45) is 0 Å². The summed E-state index contributed by atoms with van der Waals surface area (Å²) in [5.41, 5.74) is 1.90. The monoisotopic (exact) mass is 169 g/mol. The van der Waals surface area contributed by atoms with Gasteiger partial charge in [0.2, 0.25) is 0 Å². The molecule has 0 aliphatic heterocycles. The zero-order valence-corrected chi connectivity index (χ0v) is 6.90. The van der Waals surface area contributed by atoms with Gasteiger partial charge in [-0.3, -0.25) is 4.98 Å². The number of nitrogens with zero attached hydrogens (tertiary/aromatic N) is 1. The van der Waals surface area contributed by atoms with Crippen LogP contribution in [0.25, 0.3) is 21.9 Å². The highest BCUT2D eigenvalue weighted by Gasteiger charge is 2.01. The highest BCUT2D eigenvalue weighted by molar-refractivity contribution is 6.03. The maximum Gasteiger partial charge on any atom is 0.135 e. The average Bonchev–Trinajstić information content (AvgIpc) is 2.65. The molecule has 0 spiro atoms. The van der Waals surface area contributed by atoms with E-state index in [0.29, 0.717) is 0 Å². The molecule has 2 heterocycles. The number of benzene rings is 1. The summed E-state index contributed by atoms with van der Waals surface area (Å²) in [7, 11) is 0. The van der Waals surface area contributed by atoms with Crippen molar-refractivity contribution in [1.82, 2.24) is 4.98 Å². The lowest BCUT2D eigenvalue weighted by atomic mass is 10.2. The van der Waals surface area contributed by atoms with Crippen LogP contribution in [0.4, 0.5) is 0 Å². The molecular weight excluding hydrogens is 162 g/mol. The predicted octanol–water partition coefficient (Wildman–Crippen LogP) is 2.98. The molecule has 0 saturated heterocycles. The van der Waals surface area contributed by atoms with E-state index in [1.165, 1.54) is 0 Å². The Labute approximate surface area is 74.8 Å². The van der Waals surface area contributed by atoms with Crippen molar-refractivity contribution in [2.75, 3.05) is 0 Å². The van der Waals surface area contributed by atoms with Crippen molar-refractivity contribution in [3.8, 4) is 0 Å². The Bertz CT molecular complexity index is 568. The second-order valence-electron chi connectivity index (χ2n) is 2.97. The van der Waals surface area contributed by atoms with Gasteiger partial charge in [-0.15, -0.1) is 0 Å². The number of hydrogen-bond acceptors (Lipinski definition) is 2. The van der Waals surface area contributed by atoms with Gasteiger partial charge in [0.25, 0.3) is 0 Å². The summed E-state index contributed by atoms with van der Waals surface area (Å²) in [5, 5.41) is 2.24. The summed E-state index contributed by atoms with van der Waals surface area (Å²) in [6, 6.07) is 9.90. The highest BCUT2D eigenvalue weighted by Crippen LogP contribution is 2.23. The molecule has 3 rings (SSSR count). The SMILES string of the molecule is c1coc2ccc3ccnc3c2c1. The first-order valence-electron chi connectivity index (χ1n) is 4.16. The molecule has 2 aromatic heterocycles. The van der Waals surface area contributed by atoms with Crippen molar-refractivity contribution in [2.45, 2.75) is 0 Å². The molecule has 0 atom stereocenters. The van der Waals surface area contributed by atoms with Gasteiger partial charge in [0.1, 0.15) is 5.58 Å². The Morgan fingerprint density at radius 1 is 1.08 bits per heavy atom. The fourth-order valence-corrected chi connectivity index (χ4v) is 1.59. The van der Waals surface area contributed by atoms with Crippen LogP contribution in [-0.2, 0) is 0 Å². The lowest BCUT2D eigenvalue weighted by Gasteiger charge is -1.96. The molecule has 0 bridgehead atoms. The van der Waals surface area contributed by atoms with Crippen LogP contribution >= 0.6 is 0 Å². The van der Waals surface area contributed by atoms with E-state index in [-0.39, 0.29) is 0 Å². The van der Waals surface area contributed by atoms with Crippen molar-refractivity contribution in [1.29, 1.82) is 0 Å². The largest absolute Gasteiger partial charge is 0.464 e. The predicted molar refractivity (Wildman–Crippen MR) is 51.5 cm³/mol. The summed E-state index contributed by atoms with van der Waals surface area (Å²) < 4.78 is 5.35. The molecule has 0 amide bonds. The minimum atomic E-state index is 0.883. The van der Waals surface area contributed by atoms with E-state index in [1.807, 2.05) is 36.5 Å². The molecule has 2 heteroatoms. The fraction of sp³-hybridized carbons (Fsp3) is 0. The number of fused-ring (bicyclic) bond motifs is 3. The molecule has 3 aromatic rings. The third-order valence-corrected chi connectivity index (χ3v) is 2.20. The molecule has 0 aliphatic carbocycles. The molecule has 1 aromatic carbocycles. The van der Waals surface area contributed by atoms with Crippen LogP contribution < -0.4 is 0 Å². The van der Waals surface area contributed by atoms with Gasteiger partial charge in [0, 0.05) is 17.0 Å². The second-order valence-corrected chi connectivity index (χ2v) is 2.97. The number of hydrogen-bond donors (Lipinski definition) is 0. The van der Waals surface area contributed by atoms with Crippen LogP contribution in [-0.4, -0.2) is 4.98 Å². The fourth-order valence-electron chi connectivity index (χ4n) is 1.59. The third-order valence-electron chi connectivity index (χ3n) is 2.20. The van der Waals surface area contributed by atoms with Gasteiger partial charge in [0.15, 0.2) is 0 Å². The molecular formula is C11H7NO. The van der Waals surface area contributed by atoms with E-state index in [4.69, 9.17) is 4.42 Å². The van der Waals surface area contributed by atoms with Crippen LogP contribution in [0.1, 0.15) is 0 Å². The van der Waals surface area contributed by atoms with E-state index in [9.17, 15) is 0 Å². The minimum absolute atomic E-state index is 0.883. The Kier molecular flexibility index (Phi) is 1.19. The zero-order chi connectivity index (χ0) is 8.67. The Hall–Kier alpha value is -1.83. The molecule has 0 aliphatic rings. The number of rotatable bonds is 0. The molecule has 2 nitrogen and oxygen atoms in total. The summed E-state index contributed by atoms with van der Waals surface area (Å²) in [5.74, 6) is 0. The third kappa shape index (κ3) is 0.855. The Balaban J connectivity index is 2.65. The maximum atomic E-state index is 5.35. The van der Waals surface area contributed by atoms with Crippen molar-refractivity contribution in [3.05, 3.63) is 42.8 Å². The van der Waals surface area contributed by atoms with Crippen molar-refractivity contribution < 1.29 is 4.42 Å². The van der Waals surface area contributed by atoms with E-state index >= 15 is 0 Å². The first-order chi connectivity index (χ1) is 6.45. The summed E-state index contributed by atoms with van der Waals surface area (Å²) in [6.45, 7) is 0. The molecule has 13 heavy (non-hydrogen) atoms. The highest BCUT2D eigenvalue weighted by atomic mass is 16.3. The lowest BCUT2D eigenvalue weighted by molar-refractivity contribution is 0.604. The molecule has 62 valence electrons. The van der Waals surface area contributed by atoms with Crippen LogP contribution in [0.3, 0.4) is 0 Å². The summed E-state index contributed by atoms with van der Waals surface area (Å²) in [6.07, 6.45) is 3.49. The average molecular weight is 169 g/mol. The van der Waals surface area contributed by atoms with Gasteiger partial charge in [0.05, 0.1) is 11.8 Å². The zero-order valence-electron chi connectivity index (χ0n) is 6.90. The minimum Gasteiger partial charge on any atom is -0.464 e. The van der Waals surface area contributed by atoms with Crippen molar-refractivity contribution in [3.63, 3.8) is 0 Å². The normalized spacial score (nSPS) is 11.1. The van der Waals surface area contributed by atoms with Gasteiger partial charge in [-0.05, 0) is 30.3 Å². The molecule has 0 saturated carbocycles. The van der Waals surface area contributed by atoms with Crippen LogP contribution in [0.5, 0.6) is 0 Å². The Morgan fingerprint density at radius 2 is 2.08 bits per heavy atom. The summed E-state index contributed by atoms with van der Waals surface area (Å²) in [4.78, 5) is 4.29. The van der Waals surface area contributed by atoms with Crippen LogP contribution in [0, 0.1) is 0 Å². The topological polar surface area (TPSA) is 26.0 Å². The van der Waals surface area contributed by atoms with Gasteiger partial charge in [-0.25, -0.2) is 0 Å². The lowest BCUT2D eigenvalue weighted by Crippen LogP contribution is -1.73. The molecule has 0 N–H and O–H groups in total. The molecule has 0 unspecified atom stereocenters. The number of aromatic nitrogens is 1. The van der Waals surface area contributed by atoms with Crippen molar-refractivity contribution >= 4 is 21.9 Å². The van der Waals surface area contributed by atoms with E-state index < -0.39 is 0 Å². The van der Waals surface area contributed by atoms with Gasteiger partial charge in [-0.1, -0.05) is 0 Å². The smallest absolute Gasteiger partial charge is 0.135 e. The first kappa shape index (κ1) is 6.66. The molecule has 0 fully saturated rings. The van der Waals surface area contributed by atoms with E-state index in [0.717, 1.165) is 21.9 Å². The Morgan fingerprint density at radius 3 is 3.08 bits per heavy atom. The maximum absolute atomic E-state index is 5.35. The van der Waals surface area contributed by atoms with E-state index in [1.54, 1.807) is 6.26 Å². The standard InChI is InChI=1S/C11H7NO/c1-2-9-10(13-7-1)4-3-8-5-6-12-11(8)9/h1-7H. The van der Waals surface area contributed by atoms with E-state index in [2.05, 4.69) is 4.98 Å². The molecule has 0 radical (unpaired) electrons. The van der Waals surface area contributed by atoms with Crippen LogP contribution in [0.15, 0.2) is 47.2 Å². The first-order valence-corrected chi connectivity index (χ1v) is 4.16. The second kappa shape index (κ2) is 2.33. The van der Waals surface area contributed by atoms with Gasteiger partial charge < -0.3 is 4.42 Å². The van der Waals surface area contributed by atoms with Gasteiger partial charge >= 0.3 is 0 Å². The quantitative estimate of drug-likeness (QED) is 0.517. The van der Waals surface area contributed by atoms with Gasteiger partial charge in [-0.2, -0.15) is 0 Å². The summed E-state index contributed by atoms with van der Waals surface area (Å²) >= 11 is 0. The van der Waals surface area contributed by atoms with Crippen LogP contribution in [0.2, 0.25) is 0 Å².